The summed E-state index contributed by atoms with van der Waals surface area (Å²) in [4.78, 5) is 23.7. The van der Waals surface area contributed by atoms with Gasteiger partial charge in [-0.3, -0.25) is 9.59 Å². The summed E-state index contributed by atoms with van der Waals surface area (Å²) in [5.74, 6) is 0.139. The molecule has 146 valence electrons. The van der Waals surface area contributed by atoms with E-state index in [2.05, 4.69) is 13.8 Å². The van der Waals surface area contributed by atoms with Crippen molar-refractivity contribution in [1.29, 1.82) is 0 Å². The Labute approximate surface area is 154 Å². The third-order valence-electron chi connectivity index (χ3n) is 6.76. The standard InChI is InChI=1S/C20H30O6/c1-19-7-5-13(9-15(19)25-19)11-23-17(21)3-4-18(22)24-12-14-6-8-20(2)16(10-14)26-20/h13-16H,3-12H2,1-2H3. The summed E-state index contributed by atoms with van der Waals surface area (Å²) in [5, 5.41) is 0. The zero-order valence-electron chi connectivity index (χ0n) is 15.8. The number of carbonyl (C=O) groups is 2. The van der Waals surface area contributed by atoms with Crippen LogP contribution in [0.3, 0.4) is 0 Å². The molecule has 2 heterocycles. The molecular formula is C20H30O6. The second-order valence-electron chi connectivity index (χ2n) is 8.99. The number of esters is 2. The van der Waals surface area contributed by atoms with Crippen LogP contribution in [0.15, 0.2) is 0 Å². The SMILES string of the molecule is CC12CCC(COC(=O)CCC(=O)OCC3CCC4(C)OC4C3)CC1O2. The number of rotatable bonds is 7. The molecule has 4 aliphatic rings. The lowest BCUT2D eigenvalue weighted by Gasteiger charge is -2.22. The van der Waals surface area contributed by atoms with Crippen LogP contribution in [0.25, 0.3) is 0 Å². The van der Waals surface area contributed by atoms with E-state index in [4.69, 9.17) is 18.9 Å². The predicted molar refractivity (Wildman–Crippen MR) is 92.4 cm³/mol. The molecule has 0 aromatic heterocycles. The van der Waals surface area contributed by atoms with E-state index in [0.717, 1.165) is 38.5 Å². The summed E-state index contributed by atoms with van der Waals surface area (Å²) < 4.78 is 22.0. The summed E-state index contributed by atoms with van der Waals surface area (Å²) in [7, 11) is 0. The Hall–Kier alpha value is -1.14. The predicted octanol–water partition coefficient (Wildman–Crippen LogP) is 2.77. The van der Waals surface area contributed by atoms with Gasteiger partial charge in [-0.25, -0.2) is 0 Å². The van der Waals surface area contributed by atoms with Crippen molar-refractivity contribution in [3.63, 3.8) is 0 Å². The molecule has 6 atom stereocenters. The number of hydrogen-bond donors (Lipinski definition) is 0. The van der Waals surface area contributed by atoms with Crippen molar-refractivity contribution in [2.45, 2.75) is 88.6 Å². The first-order valence-electron chi connectivity index (χ1n) is 10.0. The highest BCUT2D eigenvalue weighted by Gasteiger charge is 2.56. The van der Waals surface area contributed by atoms with Gasteiger partial charge in [-0.05, 0) is 64.2 Å². The third-order valence-corrected chi connectivity index (χ3v) is 6.76. The Bertz CT molecular complexity index is 527. The molecule has 0 aromatic carbocycles. The molecule has 2 saturated heterocycles. The van der Waals surface area contributed by atoms with Gasteiger partial charge < -0.3 is 18.9 Å². The molecule has 0 amide bonds. The van der Waals surface area contributed by atoms with Gasteiger partial charge in [0.1, 0.15) is 0 Å². The fourth-order valence-corrected chi connectivity index (χ4v) is 4.51. The van der Waals surface area contributed by atoms with E-state index in [-0.39, 0.29) is 36.0 Å². The van der Waals surface area contributed by atoms with Crippen molar-refractivity contribution in [2.24, 2.45) is 11.8 Å². The first kappa shape index (κ1) is 18.2. The van der Waals surface area contributed by atoms with Crippen molar-refractivity contribution >= 4 is 11.9 Å². The second kappa shape index (κ2) is 6.79. The summed E-state index contributed by atoms with van der Waals surface area (Å²) in [6, 6.07) is 0. The average Bonchev–Trinajstić information content (AvgIpc) is 3.48. The van der Waals surface area contributed by atoms with Gasteiger partial charge in [-0.15, -0.1) is 0 Å². The van der Waals surface area contributed by atoms with Crippen molar-refractivity contribution in [3.05, 3.63) is 0 Å². The molecule has 4 fully saturated rings. The Morgan fingerprint density at radius 3 is 1.65 bits per heavy atom. The molecule has 6 nitrogen and oxygen atoms in total. The third kappa shape index (κ3) is 4.06. The summed E-state index contributed by atoms with van der Waals surface area (Å²) in [6.07, 6.45) is 6.96. The highest BCUT2D eigenvalue weighted by atomic mass is 16.6. The Morgan fingerprint density at radius 2 is 1.27 bits per heavy atom. The van der Waals surface area contributed by atoms with Crippen LogP contribution >= 0.6 is 0 Å². The largest absolute Gasteiger partial charge is 0.465 e. The average molecular weight is 366 g/mol. The molecule has 0 radical (unpaired) electrons. The molecule has 0 spiro atoms. The molecule has 26 heavy (non-hydrogen) atoms. The van der Waals surface area contributed by atoms with E-state index in [1.807, 2.05) is 0 Å². The quantitative estimate of drug-likeness (QED) is 0.509. The van der Waals surface area contributed by atoms with Gasteiger partial charge in [0.15, 0.2) is 0 Å². The first-order valence-corrected chi connectivity index (χ1v) is 10.0. The number of ether oxygens (including phenoxy) is 4. The normalized spacial score (nSPS) is 43.0. The van der Waals surface area contributed by atoms with Crippen molar-refractivity contribution in [1.82, 2.24) is 0 Å². The maximum atomic E-state index is 11.9. The minimum absolute atomic E-state index is 0.0901. The highest BCUT2D eigenvalue weighted by Crippen LogP contribution is 2.50. The molecule has 6 heteroatoms. The zero-order chi connectivity index (χ0) is 18.4. The Morgan fingerprint density at radius 1 is 0.846 bits per heavy atom. The van der Waals surface area contributed by atoms with Crippen LogP contribution in [0.1, 0.15) is 65.2 Å². The molecule has 0 N–H and O–H groups in total. The van der Waals surface area contributed by atoms with Gasteiger partial charge in [0.05, 0.1) is 49.5 Å². The smallest absolute Gasteiger partial charge is 0.306 e. The maximum absolute atomic E-state index is 11.9. The van der Waals surface area contributed by atoms with Gasteiger partial charge in [-0.2, -0.15) is 0 Å². The maximum Gasteiger partial charge on any atom is 0.306 e. The van der Waals surface area contributed by atoms with Gasteiger partial charge >= 0.3 is 11.9 Å². The zero-order valence-corrected chi connectivity index (χ0v) is 15.8. The van der Waals surface area contributed by atoms with Crippen molar-refractivity contribution in [3.8, 4) is 0 Å². The molecular weight excluding hydrogens is 336 g/mol. The van der Waals surface area contributed by atoms with Crippen LogP contribution in [0.5, 0.6) is 0 Å². The lowest BCUT2D eigenvalue weighted by atomic mass is 9.83. The molecule has 2 aliphatic carbocycles. The Balaban J connectivity index is 1.06. The van der Waals surface area contributed by atoms with Gasteiger partial charge in [0, 0.05) is 0 Å². The van der Waals surface area contributed by atoms with Crippen LogP contribution in [-0.2, 0) is 28.5 Å². The summed E-state index contributed by atoms with van der Waals surface area (Å²) >= 11 is 0. The van der Waals surface area contributed by atoms with Gasteiger partial charge in [0.2, 0.25) is 0 Å². The van der Waals surface area contributed by atoms with E-state index in [9.17, 15) is 9.59 Å². The van der Waals surface area contributed by atoms with Gasteiger partial charge in [0.25, 0.3) is 0 Å². The fraction of sp³-hybridized carbons (Fsp3) is 0.900. The summed E-state index contributed by atoms with van der Waals surface area (Å²) in [6.45, 7) is 5.17. The van der Waals surface area contributed by atoms with E-state index in [1.165, 1.54) is 0 Å². The van der Waals surface area contributed by atoms with E-state index < -0.39 is 0 Å². The lowest BCUT2D eigenvalue weighted by Crippen LogP contribution is -2.26. The van der Waals surface area contributed by atoms with E-state index in [0.29, 0.717) is 37.3 Å². The first-order chi connectivity index (χ1) is 12.4. The topological polar surface area (TPSA) is 77.7 Å². The van der Waals surface area contributed by atoms with Crippen LogP contribution in [0.2, 0.25) is 0 Å². The van der Waals surface area contributed by atoms with Gasteiger partial charge in [-0.1, -0.05) is 0 Å². The number of fused-ring (bicyclic) bond motifs is 2. The number of carbonyl (C=O) groups excluding carboxylic acids is 2. The highest BCUT2D eigenvalue weighted by molar-refractivity contribution is 5.77. The fourth-order valence-electron chi connectivity index (χ4n) is 4.51. The van der Waals surface area contributed by atoms with Crippen LogP contribution in [0, 0.1) is 11.8 Å². The second-order valence-corrected chi connectivity index (χ2v) is 8.99. The van der Waals surface area contributed by atoms with Crippen molar-refractivity contribution in [2.75, 3.05) is 13.2 Å². The lowest BCUT2D eigenvalue weighted by molar-refractivity contribution is -0.152. The Kier molecular flexibility index (Phi) is 4.76. The monoisotopic (exact) mass is 366 g/mol. The van der Waals surface area contributed by atoms with E-state index >= 15 is 0 Å². The van der Waals surface area contributed by atoms with Crippen LogP contribution in [-0.4, -0.2) is 48.6 Å². The van der Waals surface area contributed by atoms with Crippen LogP contribution < -0.4 is 0 Å². The minimum atomic E-state index is -0.313. The molecule has 2 saturated carbocycles. The number of epoxide rings is 2. The van der Waals surface area contributed by atoms with Crippen LogP contribution in [0.4, 0.5) is 0 Å². The van der Waals surface area contributed by atoms with E-state index in [1.54, 1.807) is 0 Å². The molecule has 0 bridgehead atoms. The molecule has 6 unspecified atom stereocenters. The minimum Gasteiger partial charge on any atom is -0.465 e. The molecule has 0 aromatic rings. The van der Waals surface area contributed by atoms with Crippen molar-refractivity contribution < 1.29 is 28.5 Å². The summed E-state index contributed by atoms with van der Waals surface area (Å²) in [5.41, 5.74) is 0.180. The molecule has 2 aliphatic heterocycles. The number of hydrogen-bond acceptors (Lipinski definition) is 6. The molecule has 4 rings (SSSR count).